The maximum absolute atomic E-state index is 12.1. The number of methoxy groups -OCH3 is 1. The molecule has 1 amide bonds. The van der Waals surface area contributed by atoms with Crippen molar-refractivity contribution in [2.75, 3.05) is 33.3 Å². The summed E-state index contributed by atoms with van der Waals surface area (Å²) in [6.45, 7) is 3.67. The lowest BCUT2D eigenvalue weighted by Gasteiger charge is -2.32. The third-order valence-electron chi connectivity index (χ3n) is 3.97. The zero-order chi connectivity index (χ0) is 15.9. The summed E-state index contributed by atoms with van der Waals surface area (Å²) in [6.07, 6.45) is 1.99. The first-order valence-corrected chi connectivity index (χ1v) is 8.46. The summed E-state index contributed by atoms with van der Waals surface area (Å²) >= 11 is 3.59. The Balaban J connectivity index is 1.96. The molecule has 1 aliphatic rings. The van der Waals surface area contributed by atoms with E-state index in [1.54, 1.807) is 7.11 Å². The standard InChI is InChI=1S/C16H24BrN3O2/c1-22-14-4-5-15(17)13(9-14)11-20-8-2-3-12(10-20)16(21)19-7-6-18/h4-5,9,12H,2-3,6-8,10-11,18H2,1H3,(H,19,21). The third-order valence-corrected chi connectivity index (χ3v) is 4.74. The lowest BCUT2D eigenvalue weighted by atomic mass is 9.96. The van der Waals surface area contributed by atoms with Gasteiger partial charge < -0.3 is 15.8 Å². The zero-order valence-electron chi connectivity index (χ0n) is 13.0. The van der Waals surface area contributed by atoms with Crippen molar-refractivity contribution >= 4 is 21.8 Å². The van der Waals surface area contributed by atoms with Gasteiger partial charge in [-0.1, -0.05) is 15.9 Å². The topological polar surface area (TPSA) is 67.6 Å². The van der Waals surface area contributed by atoms with Gasteiger partial charge in [0.25, 0.3) is 0 Å². The van der Waals surface area contributed by atoms with Gasteiger partial charge in [0.15, 0.2) is 0 Å². The molecule has 22 heavy (non-hydrogen) atoms. The predicted molar refractivity (Wildman–Crippen MR) is 90.8 cm³/mol. The van der Waals surface area contributed by atoms with Gasteiger partial charge in [0.1, 0.15) is 5.75 Å². The molecule has 1 saturated heterocycles. The number of benzene rings is 1. The highest BCUT2D eigenvalue weighted by molar-refractivity contribution is 9.10. The number of rotatable bonds is 6. The Labute approximate surface area is 140 Å². The predicted octanol–water partition coefficient (Wildman–Crippen LogP) is 1.74. The van der Waals surface area contributed by atoms with E-state index in [0.717, 1.165) is 42.7 Å². The number of hydrogen-bond acceptors (Lipinski definition) is 4. The molecule has 2 rings (SSSR count). The molecule has 1 aliphatic heterocycles. The molecule has 1 fully saturated rings. The summed E-state index contributed by atoms with van der Waals surface area (Å²) in [5, 5.41) is 2.90. The number of carbonyl (C=O) groups excluding carboxylic acids is 1. The fourth-order valence-corrected chi connectivity index (χ4v) is 3.17. The van der Waals surface area contributed by atoms with Crippen LogP contribution in [0.15, 0.2) is 22.7 Å². The number of carbonyl (C=O) groups is 1. The molecule has 6 heteroatoms. The zero-order valence-corrected chi connectivity index (χ0v) is 14.6. The highest BCUT2D eigenvalue weighted by Crippen LogP contribution is 2.26. The molecular formula is C16H24BrN3O2. The van der Waals surface area contributed by atoms with Crippen LogP contribution in [0.3, 0.4) is 0 Å². The van der Waals surface area contributed by atoms with Crippen molar-refractivity contribution in [1.82, 2.24) is 10.2 Å². The summed E-state index contributed by atoms with van der Waals surface area (Å²) in [7, 11) is 1.67. The van der Waals surface area contributed by atoms with E-state index in [-0.39, 0.29) is 11.8 Å². The molecule has 3 N–H and O–H groups in total. The van der Waals surface area contributed by atoms with E-state index in [1.807, 2.05) is 18.2 Å². The Morgan fingerprint density at radius 3 is 3.09 bits per heavy atom. The Kier molecular flexibility index (Phi) is 6.67. The van der Waals surface area contributed by atoms with Gasteiger partial charge in [0, 0.05) is 30.7 Å². The summed E-state index contributed by atoms with van der Waals surface area (Å²) < 4.78 is 6.36. The second-order valence-electron chi connectivity index (χ2n) is 5.61. The van der Waals surface area contributed by atoms with Gasteiger partial charge >= 0.3 is 0 Å². The number of amides is 1. The summed E-state index contributed by atoms with van der Waals surface area (Å²) in [4.78, 5) is 14.4. The number of ether oxygens (including phenoxy) is 1. The van der Waals surface area contributed by atoms with E-state index in [2.05, 4.69) is 26.1 Å². The summed E-state index contributed by atoms with van der Waals surface area (Å²) in [6, 6.07) is 5.98. The van der Waals surface area contributed by atoms with Gasteiger partial charge in [0.05, 0.1) is 13.0 Å². The molecule has 0 bridgehead atoms. The minimum Gasteiger partial charge on any atom is -0.497 e. The fourth-order valence-electron chi connectivity index (χ4n) is 2.79. The fraction of sp³-hybridized carbons (Fsp3) is 0.562. The number of nitrogens with two attached hydrogens (primary N) is 1. The smallest absolute Gasteiger partial charge is 0.224 e. The van der Waals surface area contributed by atoms with Crippen molar-refractivity contribution in [1.29, 1.82) is 0 Å². The largest absolute Gasteiger partial charge is 0.497 e. The van der Waals surface area contributed by atoms with E-state index >= 15 is 0 Å². The minimum absolute atomic E-state index is 0.0599. The van der Waals surface area contributed by atoms with E-state index in [1.165, 1.54) is 5.56 Å². The lowest BCUT2D eigenvalue weighted by Crippen LogP contribution is -2.43. The normalized spacial score (nSPS) is 19.0. The maximum Gasteiger partial charge on any atom is 0.224 e. The van der Waals surface area contributed by atoms with Gasteiger partial charge in [0.2, 0.25) is 5.91 Å². The van der Waals surface area contributed by atoms with Gasteiger partial charge in [-0.25, -0.2) is 0 Å². The average molecular weight is 370 g/mol. The maximum atomic E-state index is 12.1. The van der Waals surface area contributed by atoms with Gasteiger partial charge in [-0.2, -0.15) is 0 Å². The van der Waals surface area contributed by atoms with Crippen molar-refractivity contribution < 1.29 is 9.53 Å². The first-order chi connectivity index (χ1) is 10.6. The quantitative estimate of drug-likeness (QED) is 0.801. The van der Waals surface area contributed by atoms with Crippen LogP contribution >= 0.6 is 15.9 Å². The Morgan fingerprint density at radius 2 is 2.36 bits per heavy atom. The van der Waals surface area contributed by atoms with Gasteiger partial charge in [-0.05, 0) is 43.1 Å². The number of nitrogens with zero attached hydrogens (tertiary/aromatic N) is 1. The molecule has 1 heterocycles. The number of nitrogens with one attached hydrogen (secondary N) is 1. The molecule has 0 aromatic heterocycles. The second-order valence-corrected chi connectivity index (χ2v) is 6.47. The van der Waals surface area contributed by atoms with Crippen LogP contribution in [0.1, 0.15) is 18.4 Å². The van der Waals surface area contributed by atoms with Gasteiger partial charge in [-0.3, -0.25) is 9.69 Å². The van der Waals surface area contributed by atoms with Crippen molar-refractivity contribution in [3.63, 3.8) is 0 Å². The molecular weight excluding hydrogens is 346 g/mol. The van der Waals surface area contributed by atoms with E-state index in [0.29, 0.717) is 13.1 Å². The molecule has 0 spiro atoms. The molecule has 0 aliphatic carbocycles. The summed E-state index contributed by atoms with van der Waals surface area (Å²) in [5.74, 6) is 1.04. The number of piperidine rings is 1. The van der Waals surface area contributed by atoms with Crippen LogP contribution < -0.4 is 15.8 Å². The molecule has 1 atom stereocenters. The monoisotopic (exact) mass is 369 g/mol. The first kappa shape index (κ1) is 17.2. The van der Waals surface area contributed by atoms with Crippen LogP contribution in [0, 0.1) is 5.92 Å². The highest BCUT2D eigenvalue weighted by atomic mass is 79.9. The van der Waals surface area contributed by atoms with Crippen LogP contribution in [-0.2, 0) is 11.3 Å². The van der Waals surface area contributed by atoms with Crippen LogP contribution in [0.4, 0.5) is 0 Å². The van der Waals surface area contributed by atoms with E-state index in [9.17, 15) is 4.79 Å². The van der Waals surface area contributed by atoms with Crippen LogP contribution in [0.2, 0.25) is 0 Å². The molecule has 122 valence electrons. The van der Waals surface area contributed by atoms with Crippen molar-refractivity contribution in [2.24, 2.45) is 11.7 Å². The Hall–Kier alpha value is -1.11. The highest BCUT2D eigenvalue weighted by Gasteiger charge is 2.25. The number of hydrogen-bond donors (Lipinski definition) is 2. The molecule has 0 saturated carbocycles. The molecule has 5 nitrogen and oxygen atoms in total. The van der Waals surface area contributed by atoms with Crippen LogP contribution in [-0.4, -0.2) is 44.1 Å². The third kappa shape index (κ3) is 4.69. The molecule has 1 aromatic rings. The number of halogens is 1. The van der Waals surface area contributed by atoms with E-state index < -0.39 is 0 Å². The van der Waals surface area contributed by atoms with Crippen molar-refractivity contribution in [2.45, 2.75) is 19.4 Å². The minimum atomic E-state index is 0.0599. The second kappa shape index (κ2) is 8.50. The molecule has 0 radical (unpaired) electrons. The first-order valence-electron chi connectivity index (χ1n) is 7.66. The Morgan fingerprint density at radius 1 is 1.55 bits per heavy atom. The summed E-state index contributed by atoms with van der Waals surface area (Å²) in [5.41, 5.74) is 6.62. The van der Waals surface area contributed by atoms with Gasteiger partial charge in [-0.15, -0.1) is 0 Å². The van der Waals surface area contributed by atoms with Crippen LogP contribution in [0.25, 0.3) is 0 Å². The van der Waals surface area contributed by atoms with Crippen molar-refractivity contribution in [3.05, 3.63) is 28.2 Å². The molecule has 1 aromatic carbocycles. The average Bonchev–Trinajstić information content (AvgIpc) is 2.55. The lowest BCUT2D eigenvalue weighted by molar-refractivity contribution is -0.126. The van der Waals surface area contributed by atoms with E-state index in [4.69, 9.17) is 10.5 Å². The van der Waals surface area contributed by atoms with Crippen LogP contribution in [0.5, 0.6) is 5.75 Å². The molecule has 1 unspecified atom stereocenters. The number of likely N-dealkylation sites (tertiary alicyclic amines) is 1. The van der Waals surface area contributed by atoms with Crippen molar-refractivity contribution in [3.8, 4) is 5.75 Å². The SMILES string of the molecule is COc1ccc(Br)c(CN2CCCC(C(=O)NCCN)C2)c1. The Bertz CT molecular complexity index is 510.